The van der Waals surface area contributed by atoms with Crippen LogP contribution in [0.1, 0.15) is 18.3 Å². The summed E-state index contributed by atoms with van der Waals surface area (Å²) in [6, 6.07) is 0. The lowest BCUT2D eigenvalue weighted by atomic mass is 10.3. The van der Waals surface area contributed by atoms with Crippen molar-refractivity contribution in [3.63, 3.8) is 0 Å². The largest absolute Gasteiger partial charge is 0.435 e. The third kappa shape index (κ3) is 2.59. The molecule has 0 aromatic carbocycles. The average molecular weight is 234 g/mol. The van der Waals surface area contributed by atoms with Gasteiger partial charge in [0.05, 0.1) is 24.6 Å². The van der Waals surface area contributed by atoms with Gasteiger partial charge in [-0.1, -0.05) is 0 Å². The quantitative estimate of drug-likeness (QED) is 0.862. The SMILES string of the molecule is CCn1cc(Oc2nc(C)ncc2CO)cn1. The summed E-state index contributed by atoms with van der Waals surface area (Å²) in [7, 11) is 0. The summed E-state index contributed by atoms with van der Waals surface area (Å²) in [6.07, 6.45) is 4.95. The highest BCUT2D eigenvalue weighted by atomic mass is 16.5. The van der Waals surface area contributed by atoms with Gasteiger partial charge < -0.3 is 9.84 Å². The Hall–Kier alpha value is -1.95. The van der Waals surface area contributed by atoms with Crippen LogP contribution in [0.4, 0.5) is 0 Å². The molecule has 2 heterocycles. The number of rotatable bonds is 4. The lowest BCUT2D eigenvalue weighted by Crippen LogP contribution is -1.98. The van der Waals surface area contributed by atoms with Crippen LogP contribution in [0.15, 0.2) is 18.6 Å². The van der Waals surface area contributed by atoms with Gasteiger partial charge in [0.1, 0.15) is 5.82 Å². The third-order valence-electron chi connectivity index (χ3n) is 2.26. The van der Waals surface area contributed by atoms with Gasteiger partial charge in [-0.3, -0.25) is 4.68 Å². The van der Waals surface area contributed by atoms with Crippen molar-refractivity contribution in [3.05, 3.63) is 30.0 Å². The smallest absolute Gasteiger partial charge is 0.228 e. The maximum absolute atomic E-state index is 9.16. The van der Waals surface area contributed by atoms with Crippen LogP contribution >= 0.6 is 0 Å². The summed E-state index contributed by atoms with van der Waals surface area (Å²) in [6.45, 7) is 4.38. The highest BCUT2D eigenvalue weighted by Gasteiger charge is 2.08. The molecular weight excluding hydrogens is 220 g/mol. The molecule has 2 aromatic heterocycles. The van der Waals surface area contributed by atoms with Gasteiger partial charge in [-0.2, -0.15) is 10.1 Å². The molecule has 0 aliphatic rings. The number of hydrogen-bond donors (Lipinski definition) is 1. The zero-order chi connectivity index (χ0) is 12.3. The van der Waals surface area contributed by atoms with E-state index in [0.717, 1.165) is 6.54 Å². The predicted octanol–water partition coefficient (Wildman–Crippen LogP) is 1.29. The standard InChI is InChI=1S/C11H14N4O2/c1-3-15-6-10(5-13-15)17-11-9(7-16)4-12-8(2)14-11/h4-6,16H,3,7H2,1-2H3. The minimum absolute atomic E-state index is 0.155. The van der Waals surface area contributed by atoms with Crippen molar-refractivity contribution in [2.45, 2.75) is 27.0 Å². The minimum atomic E-state index is -0.155. The molecule has 0 aliphatic heterocycles. The molecule has 0 saturated carbocycles. The molecule has 90 valence electrons. The van der Waals surface area contributed by atoms with Gasteiger partial charge in [-0.05, 0) is 13.8 Å². The molecule has 0 spiro atoms. The van der Waals surface area contributed by atoms with E-state index in [2.05, 4.69) is 15.1 Å². The average Bonchev–Trinajstić information content (AvgIpc) is 2.77. The molecular formula is C11H14N4O2. The molecule has 0 bridgehead atoms. The van der Waals surface area contributed by atoms with E-state index in [9.17, 15) is 0 Å². The monoisotopic (exact) mass is 234 g/mol. The van der Waals surface area contributed by atoms with Crippen LogP contribution in [-0.4, -0.2) is 24.9 Å². The summed E-state index contributed by atoms with van der Waals surface area (Å²) >= 11 is 0. The van der Waals surface area contributed by atoms with Crippen molar-refractivity contribution < 1.29 is 9.84 Å². The van der Waals surface area contributed by atoms with Crippen molar-refractivity contribution in [2.24, 2.45) is 0 Å². The number of aliphatic hydroxyl groups excluding tert-OH is 1. The first-order valence-corrected chi connectivity index (χ1v) is 5.36. The Kier molecular flexibility index (Phi) is 3.34. The Morgan fingerprint density at radius 3 is 2.88 bits per heavy atom. The van der Waals surface area contributed by atoms with Gasteiger partial charge in [0.2, 0.25) is 5.88 Å². The third-order valence-corrected chi connectivity index (χ3v) is 2.26. The first-order valence-electron chi connectivity index (χ1n) is 5.36. The Morgan fingerprint density at radius 1 is 1.41 bits per heavy atom. The van der Waals surface area contributed by atoms with E-state index in [-0.39, 0.29) is 6.61 Å². The van der Waals surface area contributed by atoms with Crippen molar-refractivity contribution in [1.29, 1.82) is 0 Å². The summed E-state index contributed by atoms with van der Waals surface area (Å²) < 4.78 is 7.32. The van der Waals surface area contributed by atoms with Gasteiger partial charge in [0, 0.05) is 12.7 Å². The normalized spacial score (nSPS) is 10.5. The highest BCUT2D eigenvalue weighted by molar-refractivity contribution is 5.28. The molecule has 6 heteroatoms. The van der Waals surface area contributed by atoms with E-state index in [4.69, 9.17) is 9.84 Å². The van der Waals surface area contributed by atoms with Crippen LogP contribution in [0.3, 0.4) is 0 Å². The lowest BCUT2D eigenvalue weighted by Gasteiger charge is -2.06. The first-order chi connectivity index (χ1) is 8.22. The van der Waals surface area contributed by atoms with Crippen LogP contribution in [-0.2, 0) is 13.2 Å². The van der Waals surface area contributed by atoms with E-state index in [1.165, 1.54) is 0 Å². The molecule has 1 N–H and O–H groups in total. The van der Waals surface area contributed by atoms with E-state index >= 15 is 0 Å². The molecule has 2 rings (SSSR count). The molecule has 0 unspecified atom stereocenters. The fourth-order valence-corrected chi connectivity index (χ4v) is 1.35. The zero-order valence-corrected chi connectivity index (χ0v) is 9.79. The molecule has 0 fully saturated rings. The molecule has 0 atom stereocenters. The van der Waals surface area contributed by atoms with E-state index < -0.39 is 0 Å². The number of aliphatic hydroxyl groups is 1. The Balaban J connectivity index is 2.25. The molecule has 17 heavy (non-hydrogen) atoms. The molecule has 0 radical (unpaired) electrons. The van der Waals surface area contributed by atoms with E-state index in [0.29, 0.717) is 23.0 Å². The molecule has 2 aromatic rings. The molecule has 0 saturated heterocycles. The summed E-state index contributed by atoms with van der Waals surface area (Å²) in [4.78, 5) is 8.15. The van der Waals surface area contributed by atoms with Gasteiger partial charge in [0.15, 0.2) is 5.75 Å². The maximum atomic E-state index is 9.16. The van der Waals surface area contributed by atoms with Crippen molar-refractivity contribution in [2.75, 3.05) is 0 Å². The Labute approximate surface area is 98.9 Å². The zero-order valence-electron chi connectivity index (χ0n) is 9.79. The van der Waals surface area contributed by atoms with Crippen molar-refractivity contribution in [1.82, 2.24) is 19.7 Å². The fraction of sp³-hybridized carbons (Fsp3) is 0.364. The summed E-state index contributed by atoms with van der Waals surface area (Å²) in [5, 5.41) is 13.3. The Morgan fingerprint density at radius 2 is 2.24 bits per heavy atom. The first kappa shape index (κ1) is 11.5. The Bertz CT molecular complexity index is 510. The number of aryl methyl sites for hydroxylation is 2. The number of ether oxygens (including phenoxy) is 1. The van der Waals surface area contributed by atoms with Crippen LogP contribution in [0, 0.1) is 6.92 Å². The maximum Gasteiger partial charge on any atom is 0.228 e. The predicted molar refractivity (Wildman–Crippen MR) is 60.7 cm³/mol. The number of aromatic nitrogens is 4. The second-order valence-corrected chi connectivity index (χ2v) is 3.54. The molecule has 0 amide bonds. The highest BCUT2D eigenvalue weighted by Crippen LogP contribution is 2.22. The van der Waals surface area contributed by atoms with E-state index in [1.54, 1.807) is 30.2 Å². The summed E-state index contributed by atoms with van der Waals surface area (Å²) in [5.74, 6) is 1.57. The lowest BCUT2D eigenvalue weighted by molar-refractivity contribution is 0.274. The van der Waals surface area contributed by atoms with Crippen LogP contribution in [0.2, 0.25) is 0 Å². The van der Waals surface area contributed by atoms with Crippen molar-refractivity contribution >= 4 is 0 Å². The van der Waals surface area contributed by atoms with Crippen LogP contribution in [0.25, 0.3) is 0 Å². The molecule has 6 nitrogen and oxygen atoms in total. The minimum Gasteiger partial charge on any atom is -0.435 e. The fourth-order valence-electron chi connectivity index (χ4n) is 1.35. The van der Waals surface area contributed by atoms with Crippen molar-refractivity contribution in [3.8, 4) is 11.6 Å². The number of nitrogens with zero attached hydrogens (tertiary/aromatic N) is 4. The van der Waals surface area contributed by atoms with Gasteiger partial charge in [-0.25, -0.2) is 4.98 Å². The van der Waals surface area contributed by atoms with E-state index in [1.807, 2.05) is 6.92 Å². The summed E-state index contributed by atoms with van der Waals surface area (Å²) in [5.41, 5.74) is 0.555. The van der Waals surface area contributed by atoms with Crippen LogP contribution < -0.4 is 4.74 Å². The van der Waals surface area contributed by atoms with Gasteiger partial charge in [0.25, 0.3) is 0 Å². The second-order valence-electron chi connectivity index (χ2n) is 3.54. The van der Waals surface area contributed by atoms with Crippen LogP contribution in [0.5, 0.6) is 11.6 Å². The van der Waals surface area contributed by atoms with Gasteiger partial charge in [-0.15, -0.1) is 0 Å². The second kappa shape index (κ2) is 4.92. The molecule has 0 aliphatic carbocycles. The topological polar surface area (TPSA) is 73.1 Å². The van der Waals surface area contributed by atoms with Gasteiger partial charge >= 0.3 is 0 Å². The number of hydrogen-bond acceptors (Lipinski definition) is 5.